The summed E-state index contributed by atoms with van der Waals surface area (Å²) in [5, 5.41) is 16.9. The molecule has 120 valence electrons. The van der Waals surface area contributed by atoms with Gasteiger partial charge in [0.2, 0.25) is 5.13 Å². The number of anilines is 2. The van der Waals surface area contributed by atoms with Crippen LogP contribution in [0, 0.1) is 20.8 Å². The number of rotatable bonds is 5. The molecular weight excluding hydrogens is 352 g/mol. The van der Waals surface area contributed by atoms with Crippen molar-refractivity contribution >= 4 is 45.5 Å². The van der Waals surface area contributed by atoms with E-state index in [9.17, 15) is 0 Å². The number of aromatic nitrogens is 3. The number of nitrogens with zero attached hydrogens (tertiary/aromatic N) is 3. The van der Waals surface area contributed by atoms with Crippen molar-refractivity contribution in [1.82, 2.24) is 15.4 Å². The first-order valence-corrected chi connectivity index (χ1v) is 9.11. The highest BCUT2D eigenvalue weighted by atomic mass is 35.5. The van der Waals surface area contributed by atoms with Gasteiger partial charge in [-0.25, -0.2) is 0 Å². The lowest BCUT2D eigenvalue weighted by Crippen LogP contribution is -1.94. The zero-order chi connectivity index (χ0) is 16.4. The van der Waals surface area contributed by atoms with Crippen LogP contribution in [0.25, 0.3) is 0 Å². The lowest BCUT2D eigenvalue weighted by molar-refractivity contribution is 0.391. The third-order valence-electron chi connectivity index (χ3n) is 3.08. The molecule has 5 nitrogen and oxygen atoms in total. The van der Waals surface area contributed by atoms with Gasteiger partial charge in [-0.15, -0.1) is 10.2 Å². The van der Waals surface area contributed by atoms with Gasteiger partial charge in [0.15, 0.2) is 4.34 Å². The fraction of sp³-hybridized carbons (Fsp3) is 0.267. The summed E-state index contributed by atoms with van der Waals surface area (Å²) in [6.45, 7) is 5.94. The van der Waals surface area contributed by atoms with Crippen molar-refractivity contribution in [1.29, 1.82) is 0 Å². The van der Waals surface area contributed by atoms with Crippen LogP contribution in [0.1, 0.15) is 22.6 Å². The zero-order valence-electron chi connectivity index (χ0n) is 12.9. The van der Waals surface area contributed by atoms with E-state index >= 15 is 0 Å². The normalized spacial score (nSPS) is 11.0. The molecule has 1 N–H and O–H groups in total. The second-order valence-corrected chi connectivity index (χ2v) is 7.77. The molecule has 0 aliphatic heterocycles. The highest BCUT2D eigenvalue weighted by molar-refractivity contribution is 8.00. The molecule has 0 radical (unpaired) electrons. The van der Waals surface area contributed by atoms with Crippen LogP contribution < -0.4 is 5.32 Å². The fourth-order valence-corrected chi connectivity index (χ4v) is 4.12. The number of hydrogen-bond acceptors (Lipinski definition) is 7. The summed E-state index contributed by atoms with van der Waals surface area (Å²) < 4.78 is 6.05. The van der Waals surface area contributed by atoms with Crippen LogP contribution in [0.5, 0.6) is 0 Å². The molecule has 0 aliphatic rings. The Morgan fingerprint density at radius 2 is 2.04 bits per heavy atom. The molecule has 2 heterocycles. The topological polar surface area (TPSA) is 63.8 Å². The van der Waals surface area contributed by atoms with E-state index < -0.39 is 0 Å². The second-order valence-electron chi connectivity index (χ2n) is 5.16. The van der Waals surface area contributed by atoms with Crippen molar-refractivity contribution in [3.63, 3.8) is 0 Å². The lowest BCUT2D eigenvalue weighted by Gasteiger charge is -2.09. The molecular formula is C15H15ClN4OS2. The first-order valence-electron chi connectivity index (χ1n) is 6.93. The maximum Gasteiger partial charge on any atom is 0.210 e. The number of hydrogen-bond donors (Lipinski definition) is 1. The van der Waals surface area contributed by atoms with Gasteiger partial charge in [0.25, 0.3) is 0 Å². The Bertz CT molecular complexity index is 807. The Morgan fingerprint density at radius 1 is 1.22 bits per heavy atom. The second kappa shape index (κ2) is 6.90. The maximum atomic E-state index is 6.30. The monoisotopic (exact) mass is 366 g/mol. The van der Waals surface area contributed by atoms with E-state index in [0.717, 1.165) is 37.7 Å². The summed E-state index contributed by atoms with van der Waals surface area (Å²) in [7, 11) is 0. The minimum Gasteiger partial charge on any atom is -0.360 e. The Balaban J connectivity index is 1.68. The Hall–Kier alpha value is -1.57. The third-order valence-corrected chi connectivity index (χ3v) is 5.38. The van der Waals surface area contributed by atoms with Gasteiger partial charge in [0.05, 0.1) is 22.2 Å². The molecule has 0 spiro atoms. The molecule has 0 atom stereocenters. The van der Waals surface area contributed by atoms with Crippen LogP contribution in [-0.4, -0.2) is 15.4 Å². The maximum absolute atomic E-state index is 6.30. The van der Waals surface area contributed by atoms with E-state index in [2.05, 4.69) is 26.7 Å². The summed E-state index contributed by atoms with van der Waals surface area (Å²) in [5.41, 5.74) is 3.96. The van der Waals surface area contributed by atoms with Crippen LogP contribution >= 0.6 is 34.7 Å². The molecule has 8 heteroatoms. The molecule has 0 amide bonds. The van der Waals surface area contributed by atoms with Crippen molar-refractivity contribution in [2.24, 2.45) is 0 Å². The van der Waals surface area contributed by atoms with E-state index in [4.69, 9.17) is 16.1 Å². The van der Waals surface area contributed by atoms with E-state index in [1.54, 1.807) is 11.8 Å². The molecule has 3 rings (SSSR count). The number of thioether (sulfide) groups is 1. The summed E-state index contributed by atoms with van der Waals surface area (Å²) in [4.78, 5) is 0. The first-order chi connectivity index (χ1) is 11.0. The number of benzene rings is 1. The van der Waals surface area contributed by atoms with Crippen LogP contribution in [0.3, 0.4) is 0 Å². The molecule has 23 heavy (non-hydrogen) atoms. The van der Waals surface area contributed by atoms with Crippen LogP contribution in [0.15, 0.2) is 27.1 Å². The van der Waals surface area contributed by atoms with Crippen molar-refractivity contribution < 1.29 is 4.52 Å². The quantitative estimate of drug-likeness (QED) is 0.630. The highest BCUT2D eigenvalue weighted by Gasteiger charge is 2.11. The molecule has 0 bridgehead atoms. The summed E-state index contributed by atoms with van der Waals surface area (Å²) in [5.74, 6) is 1.51. The van der Waals surface area contributed by atoms with E-state index in [-0.39, 0.29) is 0 Å². The van der Waals surface area contributed by atoms with E-state index in [1.165, 1.54) is 11.3 Å². The van der Waals surface area contributed by atoms with Crippen molar-refractivity contribution in [3.05, 3.63) is 45.8 Å². The van der Waals surface area contributed by atoms with Crippen LogP contribution in [0.2, 0.25) is 5.02 Å². The molecule has 3 aromatic rings. The van der Waals surface area contributed by atoms with Gasteiger partial charge < -0.3 is 9.84 Å². The van der Waals surface area contributed by atoms with Gasteiger partial charge in [-0.3, -0.25) is 0 Å². The van der Waals surface area contributed by atoms with Crippen molar-refractivity contribution in [2.75, 3.05) is 5.32 Å². The standard InChI is InChI=1S/C15H15ClN4OS2/c1-8-4-9(2)13(12(16)5-8)17-14-18-19-15(23-14)22-7-11-6-10(3)20-21-11/h4-6H,7H2,1-3H3,(H,17,18). The Labute approximate surface area is 147 Å². The van der Waals surface area contributed by atoms with Crippen LogP contribution in [0.4, 0.5) is 10.8 Å². The Morgan fingerprint density at radius 3 is 2.74 bits per heavy atom. The number of halogens is 1. The summed E-state index contributed by atoms with van der Waals surface area (Å²) in [6, 6.07) is 5.93. The van der Waals surface area contributed by atoms with Gasteiger partial charge in [0, 0.05) is 6.07 Å². The predicted molar refractivity (Wildman–Crippen MR) is 94.9 cm³/mol. The average Bonchev–Trinajstić information content (AvgIpc) is 3.09. The summed E-state index contributed by atoms with van der Waals surface area (Å²) >= 11 is 9.36. The molecule has 0 fully saturated rings. The minimum atomic E-state index is 0.680. The molecule has 1 aromatic carbocycles. The first kappa shape index (κ1) is 16.3. The third kappa shape index (κ3) is 4.04. The molecule has 0 saturated heterocycles. The predicted octanol–water partition coefficient (Wildman–Crippen LogP) is 5.14. The molecule has 0 saturated carbocycles. The van der Waals surface area contributed by atoms with Gasteiger partial charge >= 0.3 is 0 Å². The van der Waals surface area contributed by atoms with Gasteiger partial charge in [-0.2, -0.15) is 0 Å². The van der Waals surface area contributed by atoms with E-state index in [0.29, 0.717) is 10.8 Å². The number of nitrogens with one attached hydrogen (secondary N) is 1. The van der Waals surface area contributed by atoms with Crippen LogP contribution in [-0.2, 0) is 5.75 Å². The van der Waals surface area contributed by atoms with E-state index in [1.807, 2.05) is 32.9 Å². The Kier molecular flexibility index (Phi) is 4.89. The fourth-order valence-electron chi connectivity index (χ4n) is 2.12. The highest BCUT2D eigenvalue weighted by Crippen LogP contribution is 2.34. The minimum absolute atomic E-state index is 0.680. The number of aryl methyl sites for hydroxylation is 3. The zero-order valence-corrected chi connectivity index (χ0v) is 15.3. The molecule has 2 aromatic heterocycles. The average molecular weight is 367 g/mol. The largest absolute Gasteiger partial charge is 0.360 e. The van der Waals surface area contributed by atoms with Gasteiger partial charge in [-0.1, -0.05) is 45.9 Å². The smallest absolute Gasteiger partial charge is 0.210 e. The SMILES string of the molecule is Cc1cc(C)c(Nc2nnc(SCc3cc(C)no3)s2)c(Cl)c1. The molecule has 0 unspecified atom stereocenters. The van der Waals surface area contributed by atoms with Gasteiger partial charge in [-0.05, 0) is 38.0 Å². The van der Waals surface area contributed by atoms with Gasteiger partial charge in [0.1, 0.15) is 5.76 Å². The molecule has 0 aliphatic carbocycles. The summed E-state index contributed by atoms with van der Waals surface area (Å²) in [6.07, 6.45) is 0. The van der Waals surface area contributed by atoms with Crippen molar-refractivity contribution in [3.8, 4) is 0 Å². The van der Waals surface area contributed by atoms with Crippen molar-refractivity contribution in [2.45, 2.75) is 30.9 Å². The lowest BCUT2D eigenvalue weighted by atomic mass is 10.1.